The van der Waals surface area contributed by atoms with Gasteiger partial charge in [-0.2, -0.15) is 0 Å². The average molecular weight is 338 g/mol. The molecule has 5 rings (SSSR count). The van der Waals surface area contributed by atoms with Crippen LogP contribution in [0.15, 0.2) is 42.5 Å². The normalized spacial score (nSPS) is 35.3. The summed E-state index contributed by atoms with van der Waals surface area (Å²) in [7, 11) is 0. The first-order valence-electron chi connectivity index (χ1n) is 9.17. The van der Waals surface area contributed by atoms with E-state index in [-0.39, 0.29) is 29.8 Å². The van der Waals surface area contributed by atoms with E-state index in [1.165, 1.54) is 5.56 Å². The predicted octanol–water partition coefficient (Wildman–Crippen LogP) is 1.29. The zero-order valence-electron chi connectivity index (χ0n) is 14.1. The highest BCUT2D eigenvalue weighted by atomic mass is 16.5. The largest absolute Gasteiger partial charge is 0.360 e. The summed E-state index contributed by atoms with van der Waals surface area (Å²) in [5.74, 6) is -0.683. The van der Waals surface area contributed by atoms with Crippen LogP contribution in [0.3, 0.4) is 0 Å². The van der Waals surface area contributed by atoms with E-state index in [0.29, 0.717) is 19.1 Å². The third-order valence-electron chi connectivity index (χ3n) is 5.92. The van der Waals surface area contributed by atoms with Crippen LogP contribution in [-0.2, 0) is 20.7 Å². The van der Waals surface area contributed by atoms with Crippen LogP contribution in [0, 0.1) is 11.8 Å². The molecule has 2 amide bonds. The Morgan fingerprint density at radius 3 is 2.84 bits per heavy atom. The van der Waals surface area contributed by atoms with Gasteiger partial charge in [0.1, 0.15) is 5.60 Å². The Labute approximate surface area is 147 Å². The molecular weight excluding hydrogens is 316 g/mol. The van der Waals surface area contributed by atoms with Crippen molar-refractivity contribution < 1.29 is 14.3 Å². The van der Waals surface area contributed by atoms with E-state index in [4.69, 9.17) is 4.74 Å². The van der Waals surface area contributed by atoms with E-state index in [1.807, 2.05) is 35.3 Å². The van der Waals surface area contributed by atoms with Gasteiger partial charge in [-0.1, -0.05) is 42.5 Å². The summed E-state index contributed by atoms with van der Waals surface area (Å²) in [4.78, 5) is 27.6. The second-order valence-electron chi connectivity index (χ2n) is 7.68. The highest BCUT2D eigenvalue weighted by Gasteiger charge is 2.66. The van der Waals surface area contributed by atoms with Gasteiger partial charge >= 0.3 is 0 Å². The molecule has 3 fully saturated rings. The van der Waals surface area contributed by atoms with Crippen LogP contribution in [0.2, 0.25) is 0 Å². The first kappa shape index (κ1) is 15.1. The van der Waals surface area contributed by atoms with E-state index >= 15 is 0 Å². The molecule has 1 N–H and O–H groups in total. The van der Waals surface area contributed by atoms with Crippen molar-refractivity contribution >= 4 is 11.8 Å². The van der Waals surface area contributed by atoms with Gasteiger partial charge in [0.15, 0.2) is 0 Å². The molecule has 4 atom stereocenters. The van der Waals surface area contributed by atoms with Crippen molar-refractivity contribution in [2.24, 2.45) is 11.8 Å². The summed E-state index contributed by atoms with van der Waals surface area (Å²) in [5, 5.41) is 3.06. The third kappa shape index (κ3) is 2.41. The Bertz CT molecular complexity index is 743. The maximum Gasteiger partial charge on any atom is 0.230 e. The first-order chi connectivity index (χ1) is 12.2. The predicted molar refractivity (Wildman–Crippen MR) is 91.6 cm³/mol. The Morgan fingerprint density at radius 2 is 2.08 bits per heavy atom. The molecule has 0 unspecified atom stereocenters. The Balaban J connectivity index is 1.33. The van der Waals surface area contributed by atoms with Crippen molar-refractivity contribution in [1.29, 1.82) is 0 Å². The standard InChI is InChI=1S/C20H22N2O3/c23-18(21-14-6-7-14)16-15-8-10-20(25-15)12-22(19(24)17(16)20)11-9-13-4-2-1-3-5-13/h1-5,8,10,14-17H,6-7,9,11-12H2,(H,21,23)/t15-,16-,17+,20+/m1/s1. The Morgan fingerprint density at radius 1 is 1.28 bits per heavy atom. The summed E-state index contributed by atoms with van der Waals surface area (Å²) in [6.07, 6.45) is 6.66. The molecule has 3 heterocycles. The van der Waals surface area contributed by atoms with Crippen molar-refractivity contribution in [3.8, 4) is 0 Å². The number of ether oxygens (including phenoxy) is 1. The minimum atomic E-state index is -0.593. The molecule has 0 aromatic heterocycles. The molecule has 3 aliphatic heterocycles. The summed E-state index contributed by atoms with van der Waals surface area (Å²) in [6, 6.07) is 10.5. The van der Waals surface area contributed by atoms with Gasteiger partial charge < -0.3 is 15.0 Å². The number of carbonyl (C=O) groups is 2. The Kier molecular flexibility index (Phi) is 3.29. The molecule has 1 aromatic carbocycles. The first-order valence-corrected chi connectivity index (χ1v) is 9.17. The average Bonchev–Trinajstić information content (AvgIpc) is 3.16. The molecule has 2 saturated heterocycles. The number of amides is 2. The maximum absolute atomic E-state index is 13.0. The summed E-state index contributed by atoms with van der Waals surface area (Å²) in [6.45, 7) is 1.23. The topological polar surface area (TPSA) is 58.6 Å². The third-order valence-corrected chi connectivity index (χ3v) is 5.92. The summed E-state index contributed by atoms with van der Waals surface area (Å²) < 4.78 is 6.14. The molecule has 4 aliphatic rings. The number of hydrogen-bond acceptors (Lipinski definition) is 3. The Hall–Kier alpha value is -2.14. The van der Waals surface area contributed by atoms with E-state index in [2.05, 4.69) is 17.4 Å². The van der Waals surface area contributed by atoms with Crippen LogP contribution >= 0.6 is 0 Å². The van der Waals surface area contributed by atoms with Gasteiger partial charge in [0.25, 0.3) is 0 Å². The maximum atomic E-state index is 13.0. The van der Waals surface area contributed by atoms with Crippen LogP contribution in [-0.4, -0.2) is 47.6 Å². The fourth-order valence-corrected chi connectivity index (χ4v) is 4.50. The molecular formula is C20H22N2O3. The lowest BCUT2D eigenvalue weighted by Gasteiger charge is -2.23. The fourth-order valence-electron chi connectivity index (χ4n) is 4.50. The van der Waals surface area contributed by atoms with E-state index in [0.717, 1.165) is 19.3 Å². The number of fused-ring (bicyclic) bond motifs is 1. The zero-order valence-corrected chi connectivity index (χ0v) is 14.1. The van der Waals surface area contributed by atoms with Gasteiger partial charge in [0.2, 0.25) is 11.8 Å². The quantitative estimate of drug-likeness (QED) is 0.823. The molecule has 1 saturated carbocycles. The second kappa shape index (κ2) is 5.43. The summed E-state index contributed by atoms with van der Waals surface area (Å²) >= 11 is 0. The molecule has 5 heteroatoms. The van der Waals surface area contributed by atoms with Gasteiger partial charge in [-0.25, -0.2) is 0 Å². The number of carbonyl (C=O) groups excluding carboxylic acids is 2. The lowest BCUT2D eigenvalue weighted by molar-refractivity contribution is -0.137. The van der Waals surface area contributed by atoms with Crippen LogP contribution in [0.25, 0.3) is 0 Å². The lowest BCUT2D eigenvalue weighted by Crippen LogP contribution is -2.44. The molecule has 25 heavy (non-hydrogen) atoms. The lowest BCUT2D eigenvalue weighted by atomic mass is 9.77. The number of nitrogens with zero attached hydrogens (tertiary/aromatic N) is 1. The van der Waals surface area contributed by atoms with Gasteiger partial charge in [-0.05, 0) is 24.8 Å². The minimum absolute atomic E-state index is 0.0121. The second-order valence-corrected chi connectivity index (χ2v) is 7.68. The molecule has 1 aromatic rings. The van der Waals surface area contributed by atoms with E-state index < -0.39 is 5.60 Å². The van der Waals surface area contributed by atoms with Gasteiger partial charge in [-0.15, -0.1) is 0 Å². The smallest absolute Gasteiger partial charge is 0.230 e. The molecule has 130 valence electrons. The van der Waals surface area contributed by atoms with Crippen molar-refractivity contribution in [1.82, 2.24) is 10.2 Å². The number of nitrogens with one attached hydrogen (secondary N) is 1. The molecule has 2 bridgehead atoms. The molecule has 0 radical (unpaired) electrons. The highest BCUT2D eigenvalue weighted by Crippen LogP contribution is 2.52. The highest BCUT2D eigenvalue weighted by molar-refractivity contribution is 5.93. The zero-order chi connectivity index (χ0) is 17.0. The van der Waals surface area contributed by atoms with Gasteiger partial charge in [0.05, 0.1) is 24.5 Å². The summed E-state index contributed by atoms with van der Waals surface area (Å²) in [5.41, 5.74) is 0.623. The van der Waals surface area contributed by atoms with Crippen molar-refractivity contribution in [2.45, 2.75) is 37.0 Å². The monoisotopic (exact) mass is 338 g/mol. The number of hydrogen-bond donors (Lipinski definition) is 1. The van der Waals surface area contributed by atoms with Crippen molar-refractivity contribution in [3.05, 3.63) is 48.0 Å². The van der Waals surface area contributed by atoms with Gasteiger partial charge in [0, 0.05) is 12.6 Å². The van der Waals surface area contributed by atoms with E-state index in [1.54, 1.807) is 0 Å². The minimum Gasteiger partial charge on any atom is -0.360 e. The van der Waals surface area contributed by atoms with Gasteiger partial charge in [-0.3, -0.25) is 9.59 Å². The van der Waals surface area contributed by atoms with Crippen molar-refractivity contribution in [2.75, 3.05) is 13.1 Å². The van der Waals surface area contributed by atoms with Crippen LogP contribution in [0.4, 0.5) is 0 Å². The number of likely N-dealkylation sites (tertiary alicyclic amines) is 1. The van der Waals surface area contributed by atoms with Crippen molar-refractivity contribution in [3.63, 3.8) is 0 Å². The van der Waals surface area contributed by atoms with Crippen LogP contribution in [0.1, 0.15) is 18.4 Å². The van der Waals surface area contributed by atoms with Crippen LogP contribution < -0.4 is 5.32 Å². The van der Waals surface area contributed by atoms with E-state index in [9.17, 15) is 9.59 Å². The SMILES string of the molecule is O=C(NC1CC1)[C@H]1[C@H]2C(=O)N(CCc3ccccc3)C[C@@]23C=C[C@H]1O3. The fraction of sp³-hybridized carbons (Fsp3) is 0.500. The number of benzene rings is 1. The number of rotatable bonds is 5. The molecule has 1 spiro atoms. The van der Waals surface area contributed by atoms with Crippen LogP contribution in [0.5, 0.6) is 0 Å². The molecule has 5 nitrogen and oxygen atoms in total. The molecule has 1 aliphatic carbocycles.